The van der Waals surface area contributed by atoms with Gasteiger partial charge in [0.2, 0.25) is 5.91 Å². The van der Waals surface area contributed by atoms with Crippen LogP contribution >= 0.6 is 22.9 Å². The molecule has 2 fully saturated rings. The molecule has 4 aromatic rings. The summed E-state index contributed by atoms with van der Waals surface area (Å²) in [5.74, 6) is 0.0612. The van der Waals surface area contributed by atoms with Gasteiger partial charge < -0.3 is 20.4 Å². The third-order valence-corrected chi connectivity index (χ3v) is 9.00. The van der Waals surface area contributed by atoms with E-state index in [1.807, 2.05) is 0 Å². The lowest BCUT2D eigenvalue weighted by Crippen LogP contribution is -2.48. The quantitative estimate of drug-likeness (QED) is 0.336. The maximum Gasteiger partial charge on any atom is 0.246 e. The normalized spacial score (nSPS) is 17.2. The first-order chi connectivity index (χ1) is 19.2. The number of carbonyl (C=O) groups is 1. The van der Waals surface area contributed by atoms with E-state index in [-0.39, 0.29) is 43.3 Å². The predicted molar refractivity (Wildman–Crippen MR) is 156 cm³/mol. The Balaban J connectivity index is 1.52. The molecule has 0 unspecified atom stereocenters. The van der Waals surface area contributed by atoms with Crippen molar-refractivity contribution in [2.75, 3.05) is 56.9 Å². The van der Waals surface area contributed by atoms with E-state index in [1.165, 1.54) is 18.2 Å². The highest BCUT2D eigenvalue weighted by Gasteiger charge is 2.29. The molecular formula is C28H28ClF2N7OS. The average molecular weight is 584 g/mol. The summed E-state index contributed by atoms with van der Waals surface area (Å²) < 4.78 is 31.4. The molecule has 2 saturated heterocycles. The van der Waals surface area contributed by atoms with Gasteiger partial charge in [0.1, 0.15) is 23.0 Å². The number of carbonyl (C=O) groups excluding carboxylic acids is 1. The van der Waals surface area contributed by atoms with E-state index >= 15 is 4.39 Å². The molecular weight excluding hydrogens is 556 g/mol. The molecule has 1 amide bonds. The molecule has 2 aliphatic rings. The van der Waals surface area contributed by atoms with Crippen molar-refractivity contribution in [3.63, 3.8) is 0 Å². The fraction of sp³-hybridized carbons (Fsp3) is 0.357. The average Bonchev–Trinajstić information content (AvgIpc) is 3.36. The van der Waals surface area contributed by atoms with E-state index in [2.05, 4.69) is 28.4 Å². The Bertz CT molecular complexity index is 1650. The summed E-state index contributed by atoms with van der Waals surface area (Å²) in [6.45, 7) is 7.42. The summed E-state index contributed by atoms with van der Waals surface area (Å²) in [7, 11) is 2.08. The summed E-state index contributed by atoms with van der Waals surface area (Å²) in [5.41, 5.74) is 6.75. The third kappa shape index (κ3) is 4.65. The highest BCUT2D eigenvalue weighted by Crippen LogP contribution is 2.43. The topological polar surface area (TPSA) is 91.5 Å². The molecule has 0 saturated carbocycles. The van der Waals surface area contributed by atoms with Gasteiger partial charge in [-0.15, -0.1) is 0 Å². The fourth-order valence-electron chi connectivity index (χ4n) is 5.60. The van der Waals surface area contributed by atoms with E-state index in [9.17, 15) is 9.18 Å². The molecule has 6 rings (SSSR count). The molecule has 2 N–H and O–H groups in total. The van der Waals surface area contributed by atoms with E-state index in [0.717, 1.165) is 37.3 Å². The molecule has 2 aromatic carbocycles. The minimum Gasteiger partial charge on any atom is -0.375 e. The van der Waals surface area contributed by atoms with Crippen molar-refractivity contribution in [1.82, 2.24) is 24.8 Å². The van der Waals surface area contributed by atoms with Gasteiger partial charge in [0.15, 0.2) is 10.9 Å². The number of amides is 1. The van der Waals surface area contributed by atoms with Crippen LogP contribution in [0.5, 0.6) is 0 Å². The van der Waals surface area contributed by atoms with Crippen LogP contribution in [0.3, 0.4) is 0 Å². The van der Waals surface area contributed by atoms with Gasteiger partial charge in [0.25, 0.3) is 0 Å². The molecule has 12 heteroatoms. The van der Waals surface area contributed by atoms with Gasteiger partial charge in [-0.3, -0.25) is 4.79 Å². The monoisotopic (exact) mass is 583 g/mol. The molecule has 0 spiro atoms. The number of thiazole rings is 1. The first kappa shape index (κ1) is 26.8. The van der Waals surface area contributed by atoms with Crippen molar-refractivity contribution in [2.24, 2.45) is 0 Å². The lowest BCUT2D eigenvalue weighted by Gasteiger charge is -2.36. The minimum atomic E-state index is -0.611. The summed E-state index contributed by atoms with van der Waals surface area (Å²) in [6.07, 6.45) is 3.04. The molecule has 2 aromatic heterocycles. The zero-order chi connectivity index (χ0) is 28.1. The van der Waals surface area contributed by atoms with Gasteiger partial charge >= 0.3 is 0 Å². The zero-order valence-electron chi connectivity index (χ0n) is 22.0. The highest BCUT2D eigenvalue weighted by atomic mass is 35.5. The van der Waals surface area contributed by atoms with Crippen LogP contribution in [0, 0.1) is 11.6 Å². The van der Waals surface area contributed by atoms with Gasteiger partial charge in [-0.1, -0.05) is 29.5 Å². The van der Waals surface area contributed by atoms with E-state index in [0.29, 0.717) is 48.8 Å². The number of nitrogens with two attached hydrogens (primary N) is 1. The standard InChI is InChI=1S/C28H28ClF2N7OS/c1-3-20(39)37-10-12-38(13-11-37)27-17-14-18(29)21(16-4-5-19(30)25-24(16)34-28(32)40-25)22(31)23(17)33-26(35-27)15-6-8-36(2)9-7-15/h3-5,14-15H,1,6-13H2,2H3,(H2,32,34). The largest absolute Gasteiger partial charge is 0.375 e. The van der Waals surface area contributed by atoms with Crippen LogP contribution in [0.25, 0.3) is 32.2 Å². The summed E-state index contributed by atoms with van der Waals surface area (Å²) >= 11 is 7.76. The number of piperidine rings is 1. The van der Waals surface area contributed by atoms with Crippen molar-refractivity contribution in [3.8, 4) is 11.1 Å². The van der Waals surface area contributed by atoms with Crippen LogP contribution in [0.15, 0.2) is 30.9 Å². The van der Waals surface area contributed by atoms with Crippen molar-refractivity contribution in [2.45, 2.75) is 18.8 Å². The first-order valence-electron chi connectivity index (χ1n) is 13.1. The summed E-state index contributed by atoms with van der Waals surface area (Å²) in [4.78, 5) is 32.2. The molecule has 0 radical (unpaired) electrons. The van der Waals surface area contributed by atoms with Crippen LogP contribution in [-0.4, -0.2) is 77.0 Å². The van der Waals surface area contributed by atoms with E-state index in [1.54, 1.807) is 11.0 Å². The Morgan fingerprint density at radius 1 is 1.10 bits per heavy atom. The molecule has 0 atom stereocenters. The van der Waals surface area contributed by atoms with E-state index < -0.39 is 11.6 Å². The van der Waals surface area contributed by atoms with Gasteiger partial charge in [-0.2, -0.15) is 0 Å². The maximum atomic E-state index is 16.6. The van der Waals surface area contributed by atoms with Crippen molar-refractivity contribution < 1.29 is 13.6 Å². The highest BCUT2D eigenvalue weighted by molar-refractivity contribution is 7.22. The summed E-state index contributed by atoms with van der Waals surface area (Å²) in [5, 5.41) is 0.811. The fourth-order valence-corrected chi connectivity index (χ4v) is 6.65. The van der Waals surface area contributed by atoms with Crippen LogP contribution < -0.4 is 10.6 Å². The Kier molecular flexibility index (Phi) is 7.05. The summed E-state index contributed by atoms with van der Waals surface area (Å²) in [6, 6.07) is 4.42. The number of hydrogen-bond donors (Lipinski definition) is 1. The molecule has 0 aliphatic carbocycles. The second kappa shape index (κ2) is 10.5. The SMILES string of the molecule is C=CC(=O)N1CCN(c2nc(C3CCN(C)CC3)nc3c(F)c(-c4ccc(F)c5sc(N)nc45)c(Cl)cc23)CC1. The number of aromatic nitrogens is 3. The molecule has 2 aliphatic heterocycles. The molecule has 0 bridgehead atoms. The first-order valence-corrected chi connectivity index (χ1v) is 14.3. The van der Waals surface area contributed by atoms with Crippen LogP contribution in [0.2, 0.25) is 5.02 Å². The van der Waals surface area contributed by atoms with Crippen molar-refractivity contribution in [3.05, 3.63) is 53.3 Å². The number of rotatable bonds is 4. The van der Waals surface area contributed by atoms with Gasteiger partial charge in [-0.25, -0.2) is 23.7 Å². The number of likely N-dealkylation sites (tertiary alicyclic amines) is 1. The number of hydrogen-bond acceptors (Lipinski definition) is 8. The number of nitrogen functional groups attached to an aromatic ring is 1. The predicted octanol–water partition coefficient (Wildman–Crippen LogP) is 5.06. The second-order valence-electron chi connectivity index (χ2n) is 10.3. The lowest BCUT2D eigenvalue weighted by atomic mass is 9.95. The van der Waals surface area contributed by atoms with Crippen LogP contribution in [0.4, 0.5) is 19.7 Å². The van der Waals surface area contributed by atoms with Gasteiger partial charge in [0, 0.05) is 48.6 Å². The maximum absolute atomic E-state index is 16.6. The number of nitrogens with zero attached hydrogens (tertiary/aromatic N) is 6. The second-order valence-corrected chi connectivity index (χ2v) is 11.7. The van der Waals surface area contributed by atoms with Gasteiger partial charge in [-0.05, 0) is 57.3 Å². The van der Waals surface area contributed by atoms with Crippen LogP contribution in [-0.2, 0) is 4.79 Å². The zero-order valence-corrected chi connectivity index (χ0v) is 23.5. The smallest absolute Gasteiger partial charge is 0.246 e. The molecule has 40 heavy (non-hydrogen) atoms. The Morgan fingerprint density at radius 3 is 2.52 bits per heavy atom. The number of benzene rings is 2. The third-order valence-electron chi connectivity index (χ3n) is 7.81. The number of halogens is 3. The molecule has 8 nitrogen and oxygen atoms in total. The number of anilines is 2. The number of fused-ring (bicyclic) bond motifs is 2. The Morgan fingerprint density at radius 2 is 1.82 bits per heavy atom. The Labute approximate surface area is 239 Å². The van der Waals surface area contributed by atoms with Crippen molar-refractivity contribution in [1.29, 1.82) is 0 Å². The van der Waals surface area contributed by atoms with Crippen molar-refractivity contribution >= 4 is 60.9 Å². The number of piperazine rings is 1. The van der Waals surface area contributed by atoms with Gasteiger partial charge in [0.05, 0.1) is 15.2 Å². The molecule has 4 heterocycles. The minimum absolute atomic E-state index is 0.0809. The van der Waals surface area contributed by atoms with Crippen LogP contribution in [0.1, 0.15) is 24.6 Å². The molecule has 208 valence electrons. The Hall–Kier alpha value is -3.41. The lowest BCUT2D eigenvalue weighted by molar-refractivity contribution is -0.126. The van der Waals surface area contributed by atoms with E-state index in [4.69, 9.17) is 27.3 Å².